The van der Waals surface area contributed by atoms with Crippen molar-refractivity contribution in [3.8, 4) is 0 Å². The van der Waals surface area contributed by atoms with Crippen LogP contribution in [0.3, 0.4) is 0 Å². The molecule has 0 N–H and O–H groups in total. The topological polar surface area (TPSA) is 52.6 Å². The van der Waals surface area contributed by atoms with Crippen LogP contribution in [-0.2, 0) is 16.1 Å². The van der Waals surface area contributed by atoms with Crippen molar-refractivity contribution < 1.29 is 19.1 Å². The van der Waals surface area contributed by atoms with Crippen molar-refractivity contribution >= 4 is 11.9 Å². The van der Waals surface area contributed by atoms with E-state index < -0.39 is 11.9 Å². The zero-order valence-corrected chi connectivity index (χ0v) is 13.0. The van der Waals surface area contributed by atoms with Gasteiger partial charge < -0.3 is 9.47 Å². The largest absolute Gasteiger partial charge is 0.458 e. The second-order valence-corrected chi connectivity index (χ2v) is 5.04. The van der Waals surface area contributed by atoms with Crippen LogP contribution in [0.15, 0.2) is 61.2 Å². The average molecular weight is 310 g/mol. The van der Waals surface area contributed by atoms with Crippen LogP contribution in [0.4, 0.5) is 0 Å². The van der Waals surface area contributed by atoms with E-state index in [1.54, 1.807) is 19.1 Å². The summed E-state index contributed by atoms with van der Waals surface area (Å²) in [4.78, 5) is 24.1. The molecule has 0 saturated heterocycles. The zero-order chi connectivity index (χ0) is 16.7. The van der Waals surface area contributed by atoms with E-state index in [-0.39, 0.29) is 13.2 Å². The second-order valence-electron chi connectivity index (χ2n) is 5.04. The SMILES string of the molecule is C=CCOC(=O)c1cc(C)cc(C(=O)OCc2ccccc2)c1. The van der Waals surface area contributed by atoms with Crippen LogP contribution in [0.1, 0.15) is 31.8 Å². The molecule has 4 heteroatoms. The predicted molar refractivity (Wildman–Crippen MR) is 87.2 cm³/mol. The Balaban J connectivity index is 2.09. The standard InChI is InChI=1S/C19H18O4/c1-3-9-22-18(20)16-10-14(2)11-17(12-16)19(21)23-13-15-7-5-4-6-8-15/h3-8,10-12H,1,9,13H2,2H3. The van der Waals surface area contributed by atoms with Gasteiger partial charge in [-0.3, -0.25) is 0 Å². The van der Waals surface area contributed by atoms with E-state index in [0.29, 0.717) is 11.1 Å². The molecule has 0 amide bonds. The van der Waals surface area contributed by atoms with Gasteiger partial charge in [-0.1, -0.05) is 43.0 Å². The Hall–Kier alpha value is -2.88. The average Bonchev–Trinajstić information content (AvgIpc) is 2.57. The van der Waals surface area contributed by atoms with E-state index in [9.17, 15) is 9.59 Å². The number of aryl methyl sites for hydroxylation is 1. The molecule has 0 fully saturated rings. The molecule has 4 nitrogen and oxygen atoms in total. The molecule has 0 aliphatic heterocycles. The fourth-order valence-electron chi connectivity index (χ4n) is 2.04. The Morgan fingerprint density at radius 3 is 2.22 bits per heavy atom. The Morgan fingerprint density at radius 1 is 1.00 bits per heavy atom. The van der Waals surface area contributed by atoms with Gasteiger partial charge in [0.15, 0.2) is 0 Å². The van der Waals surface area contributed by atoms with Crippen molar-refractivity contribution in [2.45, 2.75) is 13.5 Å². The first-order valence-electron chi connectivity index (χ1n) is 7.21. The van der Waals surface area contributed by atoms with E-state index in [2.05, 4.69) is 6.58 Å². The molecule has 0 heterocycles. The number of benzene rings is 2. The highest BCUT2D eigenvalue weighted by atomic mass is 16.5. The van der Waals surface area contributed by atoms with Crippen LogP contribution < -0.4 is 0 Å². The minimum atomic E-state index is -0.495. The number of hydrogen-bond donors (Lipinski definition) is 0. The van der Waals surface area contributed by atoms with Crippen molar-refractivity contribution in [2.75, 3.05) is 6.61 Å². The van der Waals surface area contributed by atoms with Crippen molar-refractivity contribution in [3.63, 3.8) is 0 Å². The van der Waals surface area contributed by atoms with Crippen LogP contribution in [0.25, 0.3) is 0 Å². The molecule has 0 aliphatic rings. The van der Waals surface area contributed by atoms with Crippen LogP contribution in [-0.4, -0.2) is 18.5 Å². The Morgan fingerprint density at radius 2 is 1.61 bits per heavy atom. The summed E-state index contributed by atoms with van der Waals surface area (Å²) in [6.45, 7) is 5.61. The highest BCUT2D eigenvalue weighted by molar-refractivity contribution is 5.95. The fourth-order valence-corrected chi connectivity index (χ4v) is 2.04. The van der Waals surface area contributed by atoms with Crippen LogP contribution in [0, 0.1) is 6.92 Å². The van der Waals surface area contributed by atoms with E-state index in [4.69, 9.17) is 9.47 Å². The number of esters is 2. The summed E-state index contributed by atoms with van der Waals surface area (Å²) in [5.41, 5.74) is 2.33. The molecule has 0 unspecified atom stereocenters. The zero-order valence-electron chi connectivity index (χ0n) is 13.0. The predicted octanol–water partition coefficient (Wildman–Crippen LogP) is 3.69. The third kappa shape index (κ3) is 4.81. The number of carbonyl (C=O) groups excluding carboxylic acids is 2. The van der Waals surface area contributed by atoms with Crippen LogP contribution in [0.2, 0.25) is 0 Å². The van der Waals surface area contributed by atoms with E-state index in [1.165, 1.54) is 12.1 Å². The quantitative estimate of drug-likeness (QED) is 0.603. The molecule has 0 atom stereocenters. The van der Waals surface area contributed by atoms with Gasteiger partial charge in [0.1, 0.15) is 13.2 Å². The second kappa shape index (κ2) is 7.94. The Bertz CT molecular complexity index is 705. The normalized spacial score (nSPS) is 9.96. The summed E-state index contributed by atoms with van der Waals surface area (Å²) in [5, 5.41) is 0. The van der Waals surface area contributed by atoms with E-state index in [1.807, 2.05) is 30.3 Å². The smallest absolute Gasteiger partial charge is 0.338 e. The van der Waals surface area contributed by atoms with Crippen molar-refractivity contribution in [1.29, 1.82) is 0 Å². The monoisotopic (exact) mass is 310 g/mol. The van der Waals surface area contributed by atoms with Gasteiger partial charge in [0, 0.05) is 0 Å². The third-order valence-corrected chi connectivity index (χ3v) is 3.09. The first-order valence-corrected chi connectivity index (χ1v) is 7.21. The van der Waals surface area contributed by atoms with E-state index >= 15 is 0 Å². The summed E-state index contributed by atoms with van der Waals surface area (Å²) >= 11 is 0. The van der Waals surface area contributed by atoms with Gasteiger partial charge in [-0.15, -0.1) is 0 Å². The van der Waals surface area contributed by atoms with Crippen LogP contribution in [0.5, 0.6) is 0 Å². The van der Waals surface area contributed by atoms with Gasteiger partial charge in [0.2, 0.25) is 0 Å². The maximum Gasteiger partial charge on any atom is 0.338 e. The minimum Gasteiger partial charge on any atom is -0.458 e. The maximum atomic E-state index is 12.2. The molecule has 118 valence electrons. The lowest BCUT2D eigenvalue weighted by Gasteiger charge is -2.08. The maximum absolute atomic E-state index is 12.2. The molecule has 2 aromatic rings. The van der Waals surface area contributed by atoms with Gasteiger partial charge in [0.25, 0.3) is 0 Å². The lowest BCUT2D eigenvalue weighted by atomic mass is 10.1. The molecule has 0 radical (unpaired) electrons. The number of rotatable bonds is 6. The molecular formula is C19H18O4. The minimum absolute atomic E-state index is 0.126. The lowest BCUT2D eigenvalue weighted by Crippen LogP contribution is -2.10. The van der Waals surface area contributed by atoms with E-state index in [0.717, 1.165) is 11.1 Å². The van der Waals surface area contributed by atoms with Crippen molar-refractivity contribution in [2.24, 2.45) is 0 Å². The first kappa shape index (κ1) is 16.5. The fraction of sp³-hybridized carbons (Fsp3) is 0.158. The molecule has 2 rings (SSSR count). The van der Waals surface area contributed by atoms with Gasteiger partial charge in [-0.2, -0.15) is 0 Å². The third-order valence-electron chi connectivity index (χ3n) is 3.09. The van der Waals surface area contributed by atoms with Crippen molar-refractivity contribution in [3.05, 3.63) is 83.4 Å². The Kier molecular flexibility index (Phi) is 5.69. The lowest BCUT2D eigenvalue weighted by molar-refractivity contribution is 0.0472. The summed E-state index contributed by atoms with van der Waals surface area (Å²) in [7, 11) is 0. The van der Waals surface area contributed by atoms with Gasteiger partial charge in [-0.25, -0.2) is 9.59 Å². The highest BCUT2D eigenvalue weighted by Crippen LogP contribution is 2.13. The molecule has 0 aliphatic carbocycles. The van der Waals surface area contributed by atoms with Gasteiger partial charge >= 0.3 is 11.9 Å². The summed E-state index contributed by atoms with van der Waals surface area (Å²) in [5.74, 6) is -0.971. The van der Waals surface area contributed by atoms with Gasteiger partial charge in [-0.05, 0) is 36.2 Å². The molecule has 23 heavy (non-hydrogen) atoms. The van der Waals surface area contributed by atoms with Gasteiger partial charge in [0.05, 0.1) is 11.1 Å². The number of hydrogen-bond acceptors (Lipinski definition) is 4. The molecule has 0 spiro atoms. The molecular weight excluding hydrogens is 292 g/mol. The van der Waals surface area contributed by atoms with Crippen molar-refractivity contribution in [1.82, 2.24) is 0 Å². The molecule has 0 saturated carbocycles. The highest BCUT2D eigenvalue weighted by Gasteiger charge is 2.14. The number of ether oxygens (including phenoxy) is 2. The van der Waals surface area contributed by atoms with Crippen LogP contribution >= 0.6 is 0 Å². The summed E-state index contributed by atoms with van der Waals surface area (Å²) in [6.07, 6.45) is 1.49. The number of carbonyl (C=O) groups is 2. The molecule has 0 bridgehead atoms. The summed E-state index contributed by atoms with van der Waals surface area (Å²) in [6, 6.07) is 14.2. The Labute approximate surface area is 135 Å². The molecule has 2 aromatic carbocycles. The molecule has 0 aromatic heterocycles. The summed E-state index contributed by atoms with van der Waals surface area (Å²) < 4.78 is 10.3. The first-order chi connectivity index (χ1) is 11.1.